The Kier molecular flexibility index (Phi) is 15.4. The summed E-state index contributed by atoms with van der Waals surface area (Å²) in [6.45, 7) is 9.53. The highest BCUT2D eigenvalue weighted by Gasteiger charge is 1.77. The van der Waals surface area contributed by atoms with Crippen LogP contribution in [0.3, 0.4) is 0 Å². The fourth-order valence-electron chi connectivity index (χ4n) is 0.391. The first-order valence-electron chi connectivity index (χ1n) is 4.40. The van der Waals surface area contributed by atoms with E-state index < -0.39 is 0 Å². The summed E-state index contributed by atoms with van der Waals surface area (Å²) in [4.78, 5) is 0. The van der Waals surface area contributed by atoms with Crippen molar-refractivity contribution >= 4 is 0 Å². The second-order valence-corrected chi connectivity index (χ2v) is 2.71. The Labute approximate surface area is 70.6 Å². The number of hydrogen-bond acceptors (Lipinski definition) is 2. The SMILES string of the molecule is CC(C)O.CCCOCCC. The molecule has 0 radical (unpaired) electrons. The van der Waals surface area contributed by atoms with Gasteiger partial charge in [0.15, 0.2) is 0 Å². The summed E-state index contributed by atoms with van der Waals surface area (Å²) in [5.41, 5.74) is 0. The van der Waals surface area contributed by atoms with Crippen LogP contribution in [0.2, 0.25) is 0 Å². The fourth-order valence-corrected chi connectivity index (χ4v) is 0.391. The lowest BCUT2D eigenvalue weighted by atomic mass is 10.5. The molecular formula is C9H22O2. The molecular weight excluding hydrogens is 140 g/mol. The van der Waals surface area contributed by atoms with Gasteiger partial charge in [0.25, 0.3) is 0 Å². The van der Waals surface area contributed by atoms with E-state index in [1.165, 1.54) is 0 Å². The Balaban J connectivity index is 0. The van der Waals surface area contributed by atoms with Gasteiger partial charge in [0.2, 0.25) is 0 Å². The Morgan fingerprint density at radius 2 is 1.36 bits per heavy atom. The summed E-state index contributed by atoms with van der Waals surface area (Å²) < 4.78 is 5.13. The van der Waals surface area contributed by atoms with Crippen molar-refractivity contribution in [1.82, 2.24) is 0 Å². The van der Waals surface area contributed by atoms with Gasteiger partial charge < -0.3 is 9.84 Å². The van der Waals surface area contributed by atoms with Crippen molar-refractivity contribution in [3.05, 3.63) is 0 Å². The minimum atomic E-state index is -0.167. The van der Waals surface area contributed by atoms with E-state index in [1.807, 2.05) is 0 Å². The van der Waals surface area contributed by atoms with Crippen LogP contribution < -0.4 is 0 Å². The van der Waals surface area contributed by atoms with E-state index in [4.69, 9.17) is 9.84 Å². The van der Waals surface area contributed by atoms with E-state index in [0.29, 0.717) is 0 Å². The Morgan fingerprint density at radius 3 is 1.55 bits per heavy atom. The maximum Gasteiger partial charge on any atom is 0.0483 e. The molecule has 0 spiro atoms. The lowest BCUT2D eigenvalue weighted by Crippen LogP contribution is -1.92. The predicted molar refractivity (Wildman–Crippen MR) is 48.8 cm³/mol. The molecule has 0 saturated carbocycles. The average Bonchev–Trinajstić information content (AvgIpc) is 1.88. The fraction of sp³-hybridized carbons (Fsp3) is 1.00. The normalized spacial score (nSPS) is 9.27. The van der Waals surface area contributed by atoms with Crippen LogP contribution in [0.15, 0.2) is 0 Å². The van der Waals surface area contributed by atoms with Gasteiger partial charge >= 0.3 is 0 Å². The van der Waals surface area contributed by atoms with Gasteiger partial charge in [0.05, 0.1) is 0 Å². The molecule has 0 aromatic heterocycles. The van der Waals surface area contributed by atoms with Gasteiger partial charge in [-0.2, -0.15) is 0 Å². The summed E-state index contributed by atoms with van der Waals surface area (Å²) in [5, 5.41) is 8.06. The lowest BCUT2D eigenvalue weighted by molar-refractivity contribution is 0.135. The van der Waals surface area contributed by atoms with Crippen molar-refractivity contribution < 1.29 is 9.84 Å². The molecule has 0 unspecified atom stereocenters. The van der Waals surface area contributed by atoms with Gasteiger partial charge in [-0.1, -0.05) is 13.8 Å². The van der Waals surface area contributed by atoms with Crippen LogP contribution in [0.25, 0.3) is 0 Å². The molecule has 0 aliphatic carbocycles. The topological polar surface area (TPSA) is 29.5 Å². The molecule has 0 amide bonds. The minimum absolute atomic E-state index is 0.167. The molecule has 70 valence electrons. The zero-order valence-corrected chi connectivity index (χ0v) is 8.26. The van der Waals surface area contributed by atoms with E-state index in [1.54, 1.807) is 13.8 Å². The smallest absolute Gasteiger partial charge is 0.0483 e. The molecule has 2 nitrogen and oxygen atoms in total. The second-order valence-electron chi connectivity index (χ2n) is 2.71. The van der Waals surface area contributed by atoms with Crippen LogP contribution in [0.1, 0.15) is 40.5 Å². The number of hydrogen-bond donors (Lipinski definition) is 1. The number of aliphatic hydroxyl groups excluding tert-OH is 1. The molecule has 0 aromatic rings. The summed E-state index contributed by atoms with van der Waals surface area (Å²) >= 11 is 0. The second kappa shape index (κ2) is 12.6. The molecule has 11 heavy (non-hydrogen) atoms. The van der Waals surface area contributed by atoms with Crippen LogP contribution in [0.4, 0.5) is 0 Å². The lowest BCUT2D eigenvalue weighted by Gasteiger charge is -1.95. The standard InChI is InChI=1S/C6H14O.C3H8O/c1-3-5-7-6-4-2;1-3(2)4/h3-6H2,1-2H3;3-4H,1-2H3. The van der Waals surface area contributed by atoms with Gasteiger partial charge in [-0.15, -0.1) is 0 Å². The third kappa shape index (κ3) is 40.5. The molecule has 0 fully saturated rings. The van der Waals surface area contributed by atoms with E-state index in [0.717, 1.165) is 26.1 Å². The highest BCUT2D eigenvalue weighted by molar-refractivity contribution is 4.25. The summed E-state index contributed by atoms with van der Waals surface area (Å²) in [6, 6.07) is 0. The first kappa shape index (κ1) is 13.5. The Bertz CT molecular complexity index is 46.8. The largest absolute Gasteiger partial charge is 0.394 e. The van der Waals surface area contributed by atoms with Gasteiger partial charge in [0.1, 0.15) is 0 Å². The molecule has 2 heteroatoms. The van der Waals surface area contributed by atoms with E-state index in [2.05, 4.69) is 13.8 Å². The van der Waals surface area contributed by atoms with E-state index in [9.17, 15) is 0 Å². The predicted octanol–water partition coefficient (Wildman–Crippen LogP) is 2.21. The first-order chi connectivity index (χ1) is 5.15. The van der Waals surface area contributed by atoms with Crippen LogP contribution >= 0.6 is 0 Å². The summed E-state index contributed by atoms with van der Waals surface area (Å²) in [7, 11) is 0. The average molecular weight is 162 g/mol. The highest BCUT2D eigenvalue weighted by atomic mass is 16.5. The Hall–Kier alpha value is -0.0800. The van der Waals surface area contributed by atoms with E-state index in [-0.39, 0.29) is 6.10 Å². The van der Waals surface area contributed by atoms with Crippen molar-refractivity contribution in [2.45, 2.75) is 46.6 Å². The Morgan fingerprint density at radius 1 is 1.09 bits per heavy atom. The monoisotopic (exact) mass is 162 g/mol. The maximum absolute atomic E-state index is 8.06. The molecule has 0 rings (SSSR count). The van der Waals surface area contributed by atoms with Crippen molar-refractivity contribution in [2.75, 3.05) is 13.2 Å². The highest BCUT2D eigenvalue weighted by Crippen LogP contribution is 1.81. The molecule has 0 atom stereocenters. The summed E-state index contributed by atoms with van der Waals surface area (Å²) in [6.07, 6.45) is 2.11. The zero-order valence-electron chi connectivity index (χ0n) is 8.26. The third-order valence-corrected chi connectivity index (χ3v) is 0.697. The molecule has 0 aliphatic heterocycles. The van der Waals surface area contributed by atoms with Gasteiger partial charge in [0, 0.05) is 19.3 Å². The molecule has 0 saturated heterocycles. The van der Waals surface area contributed by atoms with Crippen molar-refractivity contribution in [2.24, 2.45) is 0 Å². The van der Waals surface area contributed by atoms with Crippen molar-refractivity contribution in [1.29, 1.82) is 0 Å². The molecule has 0 aliphatic rings. The maximum atomic E-state index is 8.06. The molecule has 0 aromatic carbocycles. The van der Waals surface area contributed by atoms with Crippen LogP contribution in [0, 0.1) is 0 Å². The van der Waals surface area contributed by atoms with Crippen molar-refractivity contribution in [3.8, 4) is 0 Å². The third-order valence-electron chi connectivity index (χ3n) is 0.697. The van der Waals surface area contributed by atoms with Crippen molar-refractivity contribution in [3.63, 3.8) is 0 Å². The van der Waals surface area contributed by atoms with Gasteiger partial charge in [-0.25, -0.2) is 0 Å². The molecule has 0 heterocycles. The van der Waals surface area contributed by atoms with Crippen LogP contribution in [0.5, 0.6) is 0 Å². The summed E-state index contributed by atoms with van der Waals surface area (Å²) in [5.74, 6) is 0. The van der Waals surface area contributed by atoms with Crippen LogP contribution in [-0.2, 0) is 4.74 Å². The van der Waals surface area contributed by atoms with E-state index >= 15 is 0 Å². The number of ether oxygens (including phenoxy) is 1. The number of rotatable bonds is 4. The van der Waals surface area contributed by atoms with Gasteiger partial charge in [-0.3, -0.25) is 0 Å². The minimum Gasteiger partial charge on any atom is -0.394 e. The quantitative estimate of drug-likeness (QED) is 0.642. The molecule has 0 bridgehead atoms. The van der Waals surface area contributed by atoms with Gasteiger partial charge in [-0.05, 0) is 26.7 Å². The number of aliphatic hydroxyl groups is 1. The molecule has 1 N–H and O–H groups in total. The zero-order chi connectivity index (χ0) is 9.11. The van der Waals surface area contributed by atoms with Crippen LogP contribution in [-0.4, -0.2) is 24.4 Å². The first-order valence-corrected chi connectivity index (χ1v) is 4.40.